The van der Waals surface area contributed by atoms with E-state index < -0.39 is 0 Å². The van der Waals surface area contributed by atoms with E-state index in [-0.39, 0.29) is 17.2 Å². The van der Waals surface area contributed by atoms with Crippen molar-refractivity contribution >= 4 is 35.0 Å². The molecule has 38 heavy (non-hydrogen) atoms. The molecule has 10 heteroatoms. The van der Waals surface area contributed by atoms with Crippen molar-refractivity contribution in [3.05, 3.63) is 41.8 Å². The average molecular weight is 519 g/mol. The number of methoxy groups -OCH3 is 1. The number of benzene rings is 1. The van der Waals surface area contributed by atoms with Gasteiger partial charge in [0.25, 0.3) is 5.91 Å². The van der Waals surface area contributed by atoms with Crippen molar-refractivity contribution in [2.24, 2.45) is 5.41 Å². The van der Waals surface area contributed by atoms with E-state index in [2.05, 4.69) is 20.5 Å². The molecule has 0 bridgehead atoms. The summed E-state index contributed by atoms with van der Waals surface area (Å²) in [4.78, 5) is 39.5. The summed E-state index contributed by atoms with van der Waals surface area (Å²) in [5, 5.41) is 6.15. The fourth-order valence-corrected chi connectivity index (χ4v) is 5.77. The van der Waals surface area contributed by atoms with Crippen LogP contribution in [0.4, 0.5) is 23.1 Å². The Morgan fingerprint density at radius 2 is 2.08 bits per heavy atom. The Morgan fingerprint density at radius 1 is 1.26 bits per heavy atom. The maximum absolute atomic E-state index is 13.3. The molecule has 2 aliphatic carbocycles. The van der Waals surface area contributed by atoms with Gasteiger partial charge >= 0.3 is 0 Å². The highest BCUT2D eigenvalue weighted by molar-refractivity contribution is 6.03. The number of hydrogen-bond donors (Lipinski definition) is 2. The molecule has 2 N–H and O–H groups in total. The van der Waals surface area contributed by atoms with E-state index in [0.717, 1.165) is 49.4 Å². The number of ether oxygens (including phenoxy) is 2. The van der Waals surface area contributed by atoms with E-state index in [9.17, 15) is 9.59 Å². The maximum atomic E-state index is 13.3. The van der Waals surface area contributed by atoms with E-state index in [4.69, 9.17) is 14.5 Å². The number of aromatic nitrogens is 2. The molecule has 200 valence electrons. The number of carbonyl (C=O) groups is 2. The molecule has 6 rings (SSSR count). The number of carbonyl (C=O) groups excluding carboxylic acids is 2. The summed E-state index contributed by atoms with van der Waals surface area (Å²) in [6.07, 6.45) is 11.1. The van der Waals surface area contributed by atoms with Gasteiger partial charge in [0, 0.05) is 31.6 Å². The van der Waals surface area contributed by atoms with Gasteiger partial charge in [-0.1, -0.05) is 12.8 Å². The molecule has 4 aliphatic rings. The Morgan fingerprint density at radius 3 is 2.79 bits per heavy atom. The Balaban J connectivity index is 1.25. The molecule has 1 aromatic carbocycles. The smallest absolute Gasteiger partial charge is 0.251 e. The normalized spacial score (nSPS) is 20.1. The first-order chi connectivity index (χ1) is 18.5. The van der Waals surface area contributed by atoms with Gasteiger partial charge in [-0.05, 0) is 50.0 Å². The van der Waals surface area contributed by atoms with E-state index >= 15 is 0 Å². The van der Waals surface area contributed by atoms with Crippen LogP contribution in [0.3, 0.4) is 0 Å². The third-order valence-corrected chi connectivity index (χ3v) is 8.14. The largest absolute Gasteiger partial charge is 0.496 e. The van der Waals surface area contributed by atoms with Gasteiger partial charge in [0.2, 0.25) is 11.9 Å². The van der Waals surface area contributed by atoms with Gasteiger partial charge in [0.05, 0.1) is 37.6 Å². The number of nitrogens with zero attached hydrogens (tertiary/aromatic N) is 4. The van der Waals surface area contributed by atoms with Gasteiger partial charge in [-0.2, -0.15) is 4.98 Å². The molecule has 3 heterocycles. The second-order valence-corrected chi connectivity index (χ2v) is 10.6. The van der Waals surface area contributed by atoms with Gasteiger partial charge in [-0.25, -0.2) is 4.98 Å². The summed E-state index contributed by atoms with van der Waals surface area (Å²) < 4.78 is 11.0. The van der Waals surface area contributed by atoms with Crippen molar-refractivity contribution in [3.63, 3.8) is 0 Å². The van der Waals surface area contributed by atoms with Gasteiger partial charge < -0.3 is 29.9 Å². The van der Waals surface area contributed by atoms with Gasteiger partial charge in [-0.15, -0.1) is 0 Å². The monoisotopic (exact) mass is 518 g/mol. The summed E-state index contributed by atoms with van der Waals surface area (Å²) in [5.74, 6) is 2.46. The van der Waals surface area contributed by atoms with E-state index in [1.165, 1.54) is 12.8 Å². The van der Waals surface area contributed by atoms with Crippen LogP contribution in [0, 0.1) is 5.41 Å². The molecule has 2 aromatic rings. The summed E-state index contributed by atoms with van der Waals surface area (Å²) in [6, 6.07) is 5.60. The molecule has 0 atom stereocenters. The summed E-state index contributed by atoms with van der Waals surface area (Å²) in [5.41, 5.74) is 1.58. The van der Waals surface area contributed by atoms with Crippen LogP contribution >= 0.6 is 0 Å². The van der Waals surface area contributed by atoms with Crippen LogP contribution in [-0.4, -0.2) is 61.7 Å². The van der Waals surface area contributed by atoms with E-state index in [0.29, 0.717) is 48.7 Å². The highest BCUT2D eigenvalue weighted by Gasteiger charge is 2.55. The lowest BCUT2D eigenvalue weighted by Gasteiger charge is -2.31. The quantitative estimate of drug-likeness (QED) is 0.570. The number of rotatable bonds is 7. The minimum atomic E-state index is -0.300. The predicted molar refractivity (Wildman–Crippen MR) is 144 cm³/mol. The van der Waals surface area contributed by atoms with Crippen molar-refractivity contribution in [2.45, 2.75) is 51.0 Å². The Bertz CT molecular complexity index is 1280. The van der Waals surface area contributed by atoms with Gasteiger partial charge in [0.15, 0.2) is 5.82 Å². The topological polar surface area (TPSA) is 109 Å². The Labute approximate surface area is 222 Å². The van der Waals surface area contributed by atoms with Gasteiger partial charge in [0.1, 0.15) is 17.2 Å². The van der Waals surface area contributed by atoms with Crippen LogP contribution in [0.5, 0.6) is 5.75 Å². The molecule has 1 spiro atoms. The lowest BCUT2D eigenvalue weighted by molar-refractivity contribution is -0.122. The summed E-state index contributed by atoms with van der Waals surface area (Å²) in [7, 11) is 3.40. The minimum Gasteiger partial charge on any atom is -0.496 e. The number of nitrogens with one attached hydrogen (secondary N) is 2. The third-order valence-electron chi connectivity index (χ3n) is 8.14. The fraction of sp³-hybridized carbons (Fsp3) is 0.500. The highest BCUT2D eigenvalue weighted by Crippen LogP contribution is 2.52. The van der Waals surface area contributed by atoms with Crippen LogP contribution in [0.2, 0.25) is 0 Å². The van der Waals surface area contributed by atoms with Crippen molar-refractivity contribution in [3.8, 4) is 5.75 Å². The molecular formula is C28H34N6O4. The fourth-order valence-electron chi connectivity index (χ4n) is 5.77. The lowest BCUT2D eigenvalue weighted by Crippen LogP contribution is -2.41. The maximum Gasteiger partial charge on any atom is 0.251 e. The molecule has 2 aliphatic heterocycles. The van der Waals surface area contributed by atoms with Crippen LogP contribution < -0.4 is 25.2 Å². The SMILES string of the molecule is COc1cc(C(=O)NCC2=CCCO2)ccc1Nc1ncc2c(n1)N(C1CCCC1)CC1(CC1)C(=O)N2C. The van der Waals surface area contributed by atoms with Crippen LogP contribution in [0.1, 0.15) is 55.3 Å². The number of anilines is 4. The molecule has 2 amide bonds. The predicted octanol–water partition coefficient (Wildman–Crippen LogP) is 3.77. The zero-order valence-corrected chi connectivity index (χ0v) is 22.0. The van der Waals surface area contributed by atoms with Crippen molar-refractivity contribution in [1.82, 2.24) is 15.3 Å². The van der Waals surface area contributed by atoms with Crippen LogP contribution in [-0.2, 0) is 9.53 Å². The zero-order chi connectivity index (χ0) is 26.3. The van der Waals surface area contributed by atoms with Crippen molar-refractivity contribution < 1.29 is 19.1 Å². The molecule has 10 nitrogen and oxygen atoms in total. The molecule has 1 aromatic heterocycles. The summed E-state index contributed by atoms with van der Waals surface area (Å²) in [6.45, 7) is 1.73. The van der Waals surface area contributed by atoms with Crippen LogP contribution in [0.25, 0.3) is 0 Å². The Kier molecular flexibility index (Phi) is 6.33. The molecule has 2 saturated carbocycles. The first-order valence-electron chi connectivity index (χ1n) is 13.4. The molecule has 0 unspecified atom stereocenters. The van der Waals surface area contributed by atoms with Crippen molar-refractivity contribution in [2.75, 3.05) is 49.0 Å². The number of fused-ring (bicyclic) bond motifs is 1. The number of hydrogen-bond acceptors (Lipinski definition) is 8. The third kappa shape index (κ3) is 4.52. The van der Waals surface area contributed by atoms with Crippen LogP contribution in [0.15, 0.2) is 36.2 Å². The zero-order valence-electron chi connectivity index (χ0n) is 22.0. The van der Waals surface area contributed by atoms with Crippen molar-refractivity contribution in [1.29, 1.82) is 0 Å². The second-order valence-electron chi connectivity index (χ2n) is 10.6. The average Bonchev–Trinajstić information content (AvgIpc) is 3.31. The molecule has 0 saturated heterocycles. The number of amides is 2. The first kappa shape index (κ1) is 24.5. The second kappa shape index (κ2) is 9.81. The highest BCUT2D eigenvalue weighted by atomic mass is 16.5. The minimum absolute atomic E-state index is 0.162. The Hall–Kier alpha value is -3.82. The van der Waals surface area contributed by atoms with E-state index in [1.54, 1.807) is 36.4 Å². The molecular weight excluding hydrogens is 484 g/mol. The molecule has 0 radical (unpaired) electrons. The first-order valence-corrected chi connectivity index (χ1v) is 13.4. The molecule has 2 fully saturated rings. The lowest BCUT2D eigenvalue weighted by atomic mass is 10.0. The standard InChI is InChI=1S/C28H34N6O4/c1-33-22-16-30-27(32-24(22)34(19-6-3-4-7-19)17-28(11-12-28)26(33)36)31-21-10-9-18(14-23(21)37-2)25(35)29-15-20-8-5-13-38-20/h8-10,14,16,19H,3-7,11-13,15,17H2,1-2H3,(H,29,35)(H,30,31,32). The van der Waals surface area contributed by atoms with E-state index in [1.807, 2.05) is 13.1 Å². The van der Waals surface area contributed by atoms with Gasteiger partial charge in [-0.3, -0.25) is 9.59 Å². The summed E-state index contributed by atoms with van der Waals surface area (Å²) >= 11 is 0.